The van der Waals surface area contributed by atoms with Gasteiger partial charge in [0.15, 0.2) is 0 Å². The van der Waals surface area contributed by atoms with Crippen molar-refractivity contribution in [2.75, 3.05) is 19.8 Å². The summed E-state index contributed by atoms with van der Waals surface area (Å²) in [7, 11) is -3.74. The van der Waals surface area contributed by atoms with Gasteiger partial charge in [0.05, 0.1) is 17.6 Å². The number of nitrogens with one attached hydrogen (secondary N) is 2. The van der Waals surface area contributed by atoms with Crippen LogP contribution in [0.15, 0.2) is 41.3 Å². The van der Waals surface area contributed by atoms with Crippen LogP contribution in [0.4, 0.5) is 0 Å². The van der Waals surface area contributed by atoms with Crippen molar-refractivity contribution in [1.29, 1.82) is 0 Å². The van der Waals surface area contributed by atoms with Crippen molar-refractivity contribution in [3.8, 4) is 11.5 Å². The molecular weight excluding hydrogens is 444 g/mol. The van der Waals surface area contributed by atoms with Crippen molar-refractivity contribution in [3.63, 3.8) is 0 Å². The molecule has 0 unspecified atom stereocenters. The average Bonchev–Trinajstić information content (AvgIpc) is 3.45. The van der Waals surface area contributed by atoms with E-state index in [0.29, 0.717) is 19.0 Å². The van der Waals surface area contributed by atoms with E-state index in [1.54, 1.807) is 12.1 Å². The molecule has 0 radical (unpaired) electrons. The molecule has 2 N–H and O–H groups in total. The third-order valence-electron chi connectivity index (χ3n) is 5.75. The van der Waals surface area contributed by atoms with Gasteiger partial charge in [0.1, 0.15) is 17.6 Å². The second kappa shape index (κ2) is 10.1. The smallest absolute Gasteiger partial charge is 0.251 e. The lowest BCUT2D eigenvalue weighted by molar-refractivity contribution is 0.0950. The summed E-state index contributed by atoms with van der Waals surface area (Å²) in [4.78, 5) is 12.8. The molecule has 1 amide bonds. The summed E-state index contributed by atoms with van der Waals surface area (Å²) in [6.45, 7) is 5.54. The molecule has 2 aliphatic heterocycles. The molecule has 8 nitrogen and oxygen atoms in total. The second-order valence-electron chi connectivity index (χ2n) is 8.33. The molecule has 0 aromatic heterocycles. The Bertz CT molecular complexity index is 1110. The van der Waals surface area contributed by atoms with Gasteiger partial charge in [0.2, 0.25) is 10.0 Å². The lowest BCUT2D eigenvalue weighted by Crippen LogP contribution is -2.32. The molecule has 2 heterocycles. The highest BCUT2D eigenvalue weighted by molar-refractivity contribution is 7.89. The van der Waals surface area contributed by atoms with Gasteiger partial charge in [0, 0.05) is 42.8 Å². The molecule has 2 atom stereocenters. The highest BCUT2D eigenvalue weighted by Gasteiger charge is 2.23. The lowest BCUT2D eigenvalue weighted by atomic mass is 10.1. The van der Waals surface area contributed by atoms with E-state index in [1.807, 2.05) is 26.0 Å². The third kappa shape index (κ3) is 5.66. The fourth-order valence-corrected chi connectivity index (χ4v) is 5.19. The molecule has 33 heavy (non-hydrogen) atoms. The van der Waals surface area contributed by atoms with Crippen LogP contribution in [0.2, 0.25) is 0 Å². The Labute approximate surface area is 194 Å². The first-order valence-corrected chi connectivity index (χ1v) is 12.8. The summed E-state index contributed by atoms with van der Waals surface area (Å²) >= 11 is 0. The van der Waals surface area contributed by atoms with Gasteiger partial charge in [-0.1, -0.05) is 6.07 Å². The zero-order chi connectivity index (χ0) is 23.4. The number of ether oxygens (including phenoxy) is 3. The van der Waals surface area contributed by atoms with Crippen molar-refractivity contribution in [2.45, 2.75) is 56.8 Å². The van der Waals surface area contributed by atoms with Gasteiger partial charge in [-0.15, -0.1) is 0 Å². The number of hydrogen-bond acceptors (Lipinski definition) is 6. The second-order valence-corrected chi connectivity index (χ2v) is 10.1. The molecule has 0 aliphatic carbocycles. The van der Waals surface area contributed by atoms with Crippen molar-refractivity contribution < 1.29 is 27.4 Å². The summed E-state index contributed by atoms with van der Waals surface area (Å²) < 4.78 is 45.0. The van der Waals surface area contributed by atoms with Crippen LogP contribution in [0.25, 0.3) is 0 Å². The highest BCUT2D eigenvalue weighted by atomic mass is 32.2. The number of benzene rings is 2. The number of rotatable bonds is 9. The van der Waals surface area contributed by atoms with Gasteiger partial charge in [-0.2, -0.15) is 0 Å². The first kappa shape index (κ1) is 23.5. The minimum atomic E-state index is -3.74. The molecule has 9 heteroatoms. The lowest BCUT2D eigenvalue weighted by Gasteiger charge is -2.14. The predicted octanol–water partition coefficient (Wildman–Crippen LogP) is 2.80. The molecule has 2 aromatic rings. The molecule has 2 aliphatic rings. The Balaban J connectivity index is 1.43. The van der Waals surface area contributed by atoms with Gasteiger partial charge in [-0.25, -0.2) is 13.1 Å². The molecule has 1 fully saturated rings. The van der Waals surface area contributed by atoms with E-state index < -0.39 is 10.0 Å². The normalized spacial score (nSPS) is 19.7. The van der Waals surface area contributed by atoms with E-state index in [1.165, 1.54) is 12.1 Å². The van der Waals surface area contributed by atoms with Gasteiger partial charge >= 0.3 is 0 Å². The summed E-state index contributed by atoms with van der Waals surface area (Å²) in [5, 5.41) is 2.86. The summed E-state index contributed by atoms with van der Waals surface area (Å²) in [6.07, 6.45) is 2.59. The Morgan fingerprint density at radius 3 is 2.85 bits per heavy atom. The zero-order valence-corrected chi connectivity index (χ0v) is 19.7. The number of fused-ring (bicyclic) bond motifs is 1. The summed E-state index contributed by atoms with van der Waals surface area (Å²) in [6, 6.07) is 9.87. The van der Waals surface area contributed by atoms with Crippen LogP contribution in [0, 0.1) is 0 Å². The largest absolute Gasteiger partial charge is 0.494 e. The van der Waals surface area contributed by atoms with E-state index in [4.69, 9.17) is 14.2 Å². The third-order valence-corrected chi connectivity index (χ3v) is 7.17. The Kier molecular flexibility index (Phi) is 7.21. The minimum Gasteiger partial charge on any atom is -0.494 e. The van der Waals surface area contributed by atoms with E-state index in [-0.39, 0.29) is 41.7 Å². The summed E-state index contributed by atoms with van der Waals surface area (Å²) in [5.41, 5.74) is 2.16. The van der Waals surface area contributed by atoms with E-state index in [0.717, 1.165) is 36.1 Å². The maximum absolute atomic E-state index is 12.8. The highest BCUT2D eigenvalue weighted by Crippen LogP contribution is 2.35. The molecular formula is C24H30N2O6S. The molecule has 1 saturated heterocycles. The van der Waals surface area contributed by atoms with Gasteiger partial charge < -0.3 is 19.5 Å². The van der Waals surface area contributed by atoms with Crippen molar-refractivity contribution in [1.82, 2.24) is 10.0 Å². The summed E-state index contributed by atoms with van der Waals surface area (Å²) in [5.74, 6) is 1.15. The maximum atomic E-state index is 12.8. The Morgan fingerprint density at radius 1 is 1.24 bits per heavy atom. The van der Waals surface area contributed by atoms with Gasteiger partial charge in [-0.3, -0.25) is 4.79 Å². The van der Waals surface area contributed by atoms with Crippen LogP contribution in [-0.2, 0) is 27.7 Å². The van der Waals surface area contributed by atoms with Crippen LogP contribution in [0.5, 0.6) is 11.5 Å². The number of hydrogen-bond donors (Lipinski definition) is 2. The zero-order valence-electron chi connectivity index (χ0n) is 18.9. The van der Waals surface area contributed by atoms with Crippen molar-refractivity contribution in [2.24, 2.45) is 0 Å². The molecule has 2 aromatic carbocycles. The van der Waals surface area contributed by atoms with Crippen LogP contribution in [0.3, 0.4) is 0 Å². The monoisotopic (exact) mass is 474 g/mol. The van der Waals surface area contributed by atoms with Crippen molar-refractivity contribution >= 4 is 15.9 Å². The van der Waals surface area contributed by atoms with Gasteiger partial charge in [-0.05, 0) is 57.0 Å². The number of sulfonamides is 1. The van der Waals surface area contributed by atoms with Crippen LogP contribution in [0.1, 0.15) is 48.2 Å². The number of amides is 1. The Morgan fingerprint density at radius 2 is 2.09 bits per heavy atom. The first-order valence-electron chi connectivity index (χ1n) is 11.3. The standard InChI is InChI=1S/C24H30N2O6S/c1-3-30-22-12-18-10-16(2)32-23(18)13-19(22)14-25-24(27)17-6-4-8-21(11-17)33(28,29)26-15-20-7-5-9-31-20/h4,6,8,11-13,16,20,26H,3,5,7,9-10,14-15H2,1-2H3,(H,25,27)/t16-,20-/m0/s1. The van der Waals surface area contributed by atoms with Gasteiger partial charge in [0.25, 0.3) is 5.91 Å². The Hall–Kier alpha value is -2.62. The fourth-order valence-electron chi connectivity index (χ4n) is 4.08. The number of carbonyl (C=O) groups is 1. The molecule has 4 rings (SSSR count). The van der Waals surface area contributed by atoms with E-state index >= 15 is 0 Å². The minimum absolute atomic E-state index is 0.0445. The van der Waals surface area contributed by atoms with Crippen LogP contribution in [-0.4, -0.2) is 46.3 Å². The van der Waals surface area contributed by atoms with Crippen LogP contribution < -0.4 is 19.5 Å². The molecule has 0 saturated carbocycles. The predicted molar refractivity (Wildman–Crippen MR) is 123 cm³/mol. The quantitative estimate of drug-likeness (QED) is 0.579. The van der Waals surface area contributed by atoms with Crippen molar-refractivity contribution in [3.05, 3.63) is 53.1 Å². The molecule has 0 bridgehead atoms. The SMILES string of the molecule is CCOc1cc2c(cc1CNC(=O)c1cccc(S(=O)(=O)NC[C@@H]3CCCO3)c1)O[C@@H](C)C2. The van der Waals surface area contributed by atoms with Crippen LogP contribution >= 0.6 is 0 Å². The fraction of sp³-hybridized carbons (Fsp3) is 0.458. The molecule has 178 valence electrons. The van der Waals surface area contributed by atoms with E-state index in [2.05, 4.69) is 10.0 Å². The maximum Gasteiger partial charge on any atom is 0.251 e. The van der Waals surface area contributed by atoms with E-state index in [9.17, 15) is 13.2 Å². The molecule has 0 spiro atoms. The topological polar surface area (TPSA) is 103 Å². The first-order chi connectivity index (χ1) is 15.9. The average molecular weight is 475 g/mol. The number of carbonyl (C=O) groups excluding carboxylic acids is 1.